The second kappa shape index (κ2) is 5.67. The van der Waals surface area contributed by atoms with E-state index in [1.807, 2.05) is 0 Å². The highest BCUT2D eigenvalue weighted by molar-refractivity contribution is 5.71. The lowest BCUT2D eigenvalue weighted by Gasteiger charge is -2.21. The van der Waals surface area contributed by atoms with Crippen molar-refractivity contribution in [1.29, 1.82) is 0 Å². The number of carbonyl (C=O) groups is 1. The number of nitrogens with one attached hydrogen (secondary N) is 1. The summed E-state index contributed by atoms with van der Waals surface area (Å²) in [6.07, 6.45) is 9.23. The molecule has 2 fully saturated rings. The van der Waals surface area contributed by atoms with E-state index < -0.39 is 5.97 Å². The van der Waals surface area contributed by atoms with Crippen molar-refractivity contribution in [3.63, 3.8) is 0 Å². The standard InChI is InChI=1S/C13H23NO2/c15-13(16)12-9-14-8-11(12)7-10-5-3-1-2-4-6-10/h10-12,14H,1-9H2,(H,15,16). The van der Waals surface area contributed by atoms with Gasteiger partial charge in [-0.1, -0.05) is 38.5 Å². The van der Waals surface area contributed by atoms with E-state index in [4.69, 9.17) is 5.11 Å². The van der Waals surface area contributed by atoms with Gasteiger partial charge in [0.15, 0.2) is 0 Å². The molecule has 16 heavy (non-hydrogen) atoms. The van der Waals surface area contributed by atoms with Gasteiger partial charge in [0, 0.05) is 6.54 Å². The molecule has 1 aliphatic heterocycles. The van der Waals surface area contributed by atoms with Crippen LogP contribution < -0.4 is 5.32 Å². The molecule has 0 spiro atoms. The second-order valence-electron chi connectivity index (χ2n) is 5.46. The fourth-order valence-electron chi connectivity index (χ4n) is 3.30. The Balaban J connectivity index is 1.85. The van der Waals surface area contributed by atoms with Crippen molar-refractivity contribution in [2.75, 3.05) is 13.1 Å². The predicted octanol–water partition coefficient (Wildman–Crippen LogP) is 2.27. The predicted molar refractivity (Wildman–Crippen MR) is 63.3 cm³/mol. The Kier molecular flexibility index (Phi) is 4.22. The van der Waals surface area contributed by atoms with E-state index >= 15 is 0 Å². The van der Waals surface area contributed by atoms with Crippen molar-refractivity contribution >= 4 is 5.97 Å². The first kappa shape index (κ1) is 11.9. The molecule has 2 N–H and O–H groups in total. The van der Waals surface area contributed by atoms with Crippen LogP contribution in [-0.2, 0) is 4.79 Å². The number of rotatable bonds is 3. The molecule has 1 saturated carbocycles. The molecule has 0 bridgehead atoms. The molecule has 2 atom stereocenters. The number of carboxylic acid groups (broad SMARTS) is 1. The molecular formula is C13H23NO2. The van der Waals surface area contributed by atoms with Crippen LogP contribution in [0.15, 0.2) is 0 Å². The van der Waals surface area contributed by atoms with Crippen LogP contribution in [0.5, 0.6) is 0 Å². The molecule has 1 saturated heterocycles. The van der Waals surface area contributed by atoms with E-state index in [0.717, 1.165) is 18.9 Å². The molecular weight excluding hydrogens is 202 g/mol. The fourth-order valence-corrected chi connectivity index (χ4v) is 3.30. The summed E-state index contributed by atoms with van der Waals surface area (Å²) < 4.78 is 0. The molecule has 2 aliphatic rings. The van der Waals surface area contributed by atoms with Gasteiger partial charge in [0.05, 0.1) is 5.92 Å². The topological polar surface area (TPSA) is 49.3 Å². The third-order valence-electron chi connectivity index (χ3n) is 4.27. The van der Waals surface area contributed by atoms with Crippen LogP contribution in [0.3, 0.4) is 0 Å². The summed E-state index contributed by atoms with van der Waals surface area (Å²) in [6, 6.07) is 0. The maximum Gasteiger partial charge on any atom is 0.308 e. The zero-order valence-corrected chi connectivity index (χ0v) is 9.95. The molecule has 0 radical (unpaired) electrons. The van der Waals surface area contributed by atoms with E-state index in [0.29, 0.717) is 12.5 Å². The minimum Gasteiger partial charge on any atom is -0.481 e. The van der Waals surface area contributed by atoms with Gasteiger partial charge in [0.2, 0.25) is 0 Å². The largest absolute Gasteiger partial charge is 0.481 e. The van der Waals surface area contributed by atoms with Crippen molar-refractivity contribution in [1.82, 2.24) is 5.32 Å². The quantitative estimate of drug-likeness (QED) is 0.724. The molecule has 1 aliphatic carbocycles. The molecule has 2 rings (SSSR count). The normalized spacial score (nSPS) is 32.5. The summed E-state index contributed by atoms with van der Waals surface area (Å²) in [5.74, 6) is 0.418. The van der Waals surface area contributed by atoms with E-state index in [-0.39, 0.29) is 5.92 Å². The maximum absolute atomic E-state index is 11.1. The third kappa shape index (κ3) is 2.97. The lowest BCUT2D eigenvalue weighted by atomic mass is 9.84. The van der Waals surface area contributed by atoms with E-state index in [2.05, 4.69) is 5.32 Å². The molecule has 0 amide bonds. The van der Waals surface area contributed by atoms with Crippen molar-refractivity contribution in [3.8, 4) is 0 Å². The molecule has 92 valence electrons. The van der Waals surface area contributed by atoms with Crippen LogP contribution in [0.1, 0.15) is 44.9 Å². The maximum atomic E-state index is 11.1. The van der Waals surface area contributed by atoms with E-state index in [1.165, 1.54) is 38.5 Å². The van der Waals surface area contributed by atoms with Crippen LogP contribution >= 0.6 is 0 Å². The SMILES string of the molecule is O=C(O)C1CNCC1CC1CCCCCC1. The average Bonchev–Trinajstić information content (AvgIpc) is 2.55. The first-order chi connectivity index (χ1) is 7.77. The molecule has 2 unspecified atom stereocenters. The lowest BCUT2D eigenvalue weighted by Crippen LogP contribution is -2.24. The van der Waals surface area contributed by atoms with Crippen LogP contribution in [0.4, 0.5) is 0 Å². The van der Waals surface area contributed by atoms with Gasteiger partial charge in [0.25, 0.3) is 0 Å². The summed E-state index contributed by atoms with van der Waals surface area (Å²) >= 11 is 0. The lowest BCUT2D eigenvalue weighted by molar-refractivity contribution is -0.142. The van der Waals surface area contributed by atoms with Gasteiger partial charge in [-0.15, -0.1) is 0 Å². The summed E-state index contributed by atoms with van der Waals surface area (Å²) in [5, 5.41) is 12.4. The minimum atomic E-state index is -0.608. The van der Waals surface area contributed by atoms with Gasteiger partial charge >= 0.3 is 5.97 Å². The smallest absolute Gasteiger partial charge is 0.308 e. The zero-order valence-electron chi connectivity index (χ0n) is 9.95. The first-order valence-electron chi connectivity index (χ1n) is 6.71. The minimum absolute atomic E-state index is 0.136. The molecule has 0 aromatic rings. The van der Waals surface area contributed by atoms with E-state index in [9.17, 15) is 4.79 Å². The average molecular weight is 225 g/mol. The van der Waals surface area contributed by atoms with Gasteiger partial charge in [-0.3, -0.25) is 4.79 Å². The van der Waals surface area contributed by atoms with Gasteiger partial charge < -0.3 is 10.4 Å². The number of hydrogen-bond acceptors (Lipinski definition) is 2. The van der Waals surface area contributed by atoms with Gasteiger partial charge in [-0.05, 0) is 24.8 Å². The Labute approximate surface area is 97.6 Å². The Morgan fingerprint density at radius 2 is 1.81 bits per heavy atom. The van der Waals surface area contributed by atoms with Crippen molar-refractivity contribution in [3.05, 3.63) is 0 Å². The van der Waals surface area contributed by atoms with E-state index in [1.54, 1.807) is 0 Å². The van der Waals surface area contributed by atoms with Crippen LogP contribution in [0, 0.1) is 17.8 Å². The van der Waals surface area contributed by atoms with Crippen molar-refractivity contribution in [2.45, 2.75) is 44.9 Å². The molecule has 3 nitrogen and oxygen atoms in total. The van der Waals surface area contributed by atoms with Crippen LogP contribution in [-0.4, -0.2) is 24.2 Å². The summed E-state index contributed by atoms with van der Waals surface area (Å²) in [4.78, 5) is 11.1. The molecule has 3 heteroatoms. The van der Waals surface area contributed by atoms with Crippen molar-refractivity contribution < 1.29 is 9.90 Å². The Bertz CT molecular complexity index is 234. The Hall–Kier alpha value is -0.570. The van der Waals surface area contributed by atoms with Crippen molar-refractivity contribution in [2.24, 2.45) is 17.8 Å². The van der Waals surface area contributed by atoms with Gasteiger partial charge in [-0.25, -0.2) is 0 Å². The monoisotopic (exact) mass is 225 g/mol. The summed E-state index contributed by atoms with van der Waals surface area (Å²) in [5.41, 5.74) is 0. The number of aliphatic carboxylic acids is 1. The Morgan fingerprint density at radius 3 is 2.44 bits per heavy atom. The molecule has 0 aromatic heterocycles. The van der Waals surface area contributed by atoms with Crippen LogP contribution in [0.2, 0.25) is 0 Å². The first-order valence-corrected chi connectivity index (χ1v) is 6.71. The fraction of sp³-hybridized carbons (Fsp3) is 0.923. The van der Waals surface area contributed by atoms with Gasteiger partial charge in [0.1, 0.15) is 0 Å². The number of carboxylic acids is 1. The van der Waals surface area contributed by atoms with Crippen LogP contribution in [0.25, 0.3) is 0 Å². The Morgan fingerprint density at radius 1 is 1.12 bits per heavy atom. The van der Waals surface area contributed by atoms with Gasteiger partial charge in [-0.2, -0.15) is 0 Å². The zero-order chi connectivity index (χ0) is 11.4. The third-order valence-corrected chi connectivity index (χ3v) is 4.27. The second-order valence-corrected chi connectivity index (χ2v) is 5.46. The highest BCUT2D eigenvalue weighted by Gasteiger charge is 2.34. The summed E-state index contributed by atoms with van der Waals surface area (Å²) in [7, 11) is 0. The highest BCUT2D eigenvalue weighted by atomic mass is 16.4. The number of hydrogen-bond donors (Lipinski definition) is 2. The molecule has 1 heterocycles. The summed E-state index contributed by atoms with van der Waals surface area (Å²) in [6.45, 7) is 1.58. The molecule has 0 aromatic carbocycles. The highest BCUT2D eigenvalue weighted by Crippen LogP contribution is 2.32.